The molecule has 0 saturated heterocycles. The molecule has 0 aliphatic heterocycles. The standard InChI is InChI=1S/C11H9F3N4O/c12-8-5-16-11(15)18-9(8)17-6-1-3-7(4-2-6)19-10(13)14/h1-5,10H,(H3,15,16,17,18). The predicted molar refractivity (Wildman–Crippen MR) is 62.8 cm³/mol. The van der Waals surface area contributed by atoms with Crippen LogP contribution < -0.4 is 15.8 Å². The van der Waals surface area contributed by atoms with Gasteiger partial charge in [-0.25, -0.2) is 9.37 Å². The molecule has 0 aliphatic rings. The van der Waals surface area contributed by atoms with E-state index in [0.717, 1.165) is 6.20 Å². The molecular weight excluding hydrogens is 261 g/mol. The van der Waals surface area contributed by atoms with Gasteiger partial charge < -0.3 is 15.8 Å². The number of aromatic nitrogens is 2. The van der Waals surface area contributed by atoms with Crippen LogP contribution in [0.5, 0.6) is 5.75 Å². The first-order chi connectivity index (χ1) is 9.04. The SMILES string of the molecule is Nc1ncc(F)c(Nc2ccc(OC(F)F)cc2)n1. The zero-order valence-electron chi connectivity index (χ0n) is 9.48. The Hall–Kier alpha value is -2.51. The van der Waals surface area contributed by atoms with E-state index in [2.05, 4.69) is 20.0 Å². The molecule has 100 valence electrons. The van der Waals surface area contributed by atoms with E-state index < -0.39 is 12.4 Å². The monoisotopic (exact) mass is 270 g/mol. The highest BCUT2D eigenvalue weighted by molar-refractivity contribution is 5.58. The van der Waals surface area contributed by atoms with Crippen molar-refractivity contribution in [2.75, 3.05) is 11.1 Å². The highest BCUT2D eigenvalue weighted by Crippen LogP contribution is 2.21. The van der Waals surface area contributed by atoms with E-state index in [1.165, 1.54) is 24.3 Å². The minimum Gasteiger partial charge on any atom is -0.435 e. The first kappa shape index (κ1) is 12.9. The smallest absolute Gasteiger partial charge is 0.387 e. The number of hydrogen-bond acceptors (Lipinski definition) is 5. The second kappa shape index (κ2) is 5.42. The van der Waals surface area contributed by atoms with E-state index in [-0.39, 0.29) is 17.5 Å². The molecule has 0 saturated carbocycles. The molecule has 0 unspecified atom stereocenters. The number of nitrogens with zero attached hydrogens (tertiary/aromatic N) is 2. The topological polar surface area (TPSA) is 73.1 Å². The molecule has 5 nitrogen and oxygen atoms in total. The summed E-state index contributed by atoms with van der Waals surface area (Å²) in [6.07, 6.45) is 0.930. The van der Waals surface area contributed by atoms with Crippen LogP contribution in [0, 0.1) is 5.82 Å². The molecule has 8 heteroatoms. The van der Waals surface area contributed by atoms with Crippen molar-refractivity contribution in [2.24, 2.45) is 0 Å². The second-order valence-electron chi connectivity index (χ2n) is 3.45. The number of benzene rings is 1. The van der Waals surface area contributed by atoms with Gasteiger partial charge in [0.2, 0.25) is 5.95 Å². The Morgan fingerprint density at radius 2 is 1.89 bits per heavy atom. The zero-order chi connectivity index (χ0) is 13.8. The first-order valence-corrected chi connectivity index (χ1v) is 5.14. The van der Waals surface area contributed by atoms with E-state index in [1.54, 1.807) is 0 Å². The number of anilines is 3. The van der Waals surface area contributed by atoms with Gasteiger partial charge in [-0.05, 0) is 24.3 Å². The van der Waals surface area contributed by atoms with Crippen LogP contribution in [0.2, 0.25) is 0 Å². The summed E-state index contributed by atoms with van der Waals surface area (Å²) >= 11 is 0. The molecule has 0 bridgehead atoms. The van der Waals surface area contributed by atoms with Crippen molar-refractivity contribution in [3.8, 4) is 5.75 Å². The van der Waals surface area contributed by atoms with Gasteiger partial charge in [-0.2, -0.15) is 13.8 Å². The molecule has 2 rings (SSSR count). The maximum atomic E-state index is 13.3. The zero-order valence-corrected chi connectivity index (χ0v) is 9.48. The average molecular weight is 270 g/mol. The summed E-state index contributed by atoms with van der Waals surface area (Å²) in [6.45, 7) is -2.89. The fourth-order valence-electron chi connectivity index (χ4n) is 1.32. The third kappa shape index (κ3) is 3.47. The molecule has 0 fully saturated rings. The predicted octanol–water partition coefficient (Wildman–Crippen LogP) is 2.54. The number of halogens is 3. The van der Waals surface area contributed by atoms with Crippen molar-refractivity contribution in [1.82, 2.24) is 9.97 Å². The molecule has 0 atom stereocenters. The number of nitrogen functional groups attached to an aromatic ring is 1. The van der Waals surface area contributed by atoms with Gasteiger partial charge in [0.25, 0.3) is 0 Å². The molecule has 0 amide bonds. The van der Waals surface area contributed by atoms with Crippen molar-refractivity contribution in [3.63, 3.8) is 0 Å². The normalized spacial score (nSPS) is 10.5. The highest BCUT2D eigenvalue weighted by atomic mass is 19.3. The van der Waals surface area contributed by atoms with Crippen LogP contribution in [0.3, 0.4) is 0 Å². The lowest BCUT2D eigenvalue weighted by Gasteiger charge is -2.08. The first-order valence-electron chi connectivity index (χ1n) is 5.14. The van der Waals surface area contributed by atoms with Crippen LogP contribution in [0.15, 0.2) is 30.5 Å². The van der Waals surface area contributed by atoms with E-state index in [4.69, 9.17) is 5.73 Å². The van der Waals surface area contributed by atoms with Crippen molar-refractivity contribution < 1.29 is 17.9 Å². The fraction of sp³-hybridized carbons (Fsp3) is 0.0909. The van der Waals surface area contributed by atoms with Crippen LogP contribution >= 0.6 is 0 Å². The van der Waals surface area contributed by atoms with Crippen LogP contribution in [0.4, 0.5) is 30.6 Å². The molecule has 2 aromatic rings. The maximum absolute atomic E-state index is 13.3. The highest BCUT2D eigenvalue weighted by Gasteiger charge is 2.07. The number of hydrogen-bond donors (Lipinski definition) is 2. The van der Waals surface area contributed by atoms with Crippen molar-refractivity contribution in [1.29, 1.82) is 0 Å². The summed E-state index contributed by atoms with van der Waals surface area (Å²) in [5.74, 6) is -0.859. The Morgan fingerprint density at radius 1 is 1.21 bits per heavy atom. The number of rotatable bonds is 4. The molecule has 19 heavy (non-hydrogen) atoms. The molecule has 1 heterocycles. The van der Waals surface area contributed by atoms with Gasteiger partial charge in [0.1, 0.15) is 5.75 Å². The Balaban J connectivity index is 2.13. The van der Waals surface area contributed by atoms with Crippen LogP contribution in [-0.4, -0.2) is 16.6 Å². The number of nitrogens with one attached hydrogen (secondary N) is 1. The number of nitrogens with two attached hydrogens (primary N) is 1. The summed E-state index contributed by atoms with van der Waals surface area (Å²) in [7, 11) is 0. The van der Waals surface area contributed by atoms with E-state index >= 15 is 0 Å². The van der Waals surface area contributed by atoms with E-state index in [9.17, 15) is 13.2 Å². The van der Waals surface area contributed by atoms with Crippen molar-refractivity contribution >= 4 is 17.5 Å². The van der Waals surface area contributed by atoms with Gasteiger partial charge >= 0.3 is 6.61 Å². The minimum absolute atomic E-state index is 0.00298. The van der Waals surface area contributed by atoms with Gasteiger partial charge in [0.15, 0.2) is 11.6 Å². The van der Waals surface area contributed by atoms with Crippen LogP contribution in [0.1, 0.15) is 0 Å². The lowest BCUT2D eigenvalue weighted by atomic mass is 10.3. The van der Waals surface area contributed by atoms with Crippen LogP contribution in [-0.2, 0) is 0 Å². The van der Waals surface area contributed by atoms with Crippen molar-refractivity contribution in [3.05, 3.63) is 36.3 Å². The quantitative estimate of drug-likeness (QED) is 0.893. The van der Waals surface area contributed by atoms with Gasteiger partial charge in [-0.1, -0.05) is 0 Å². The summed E-state index contributed by atoms with van der Waals surface area (Å²) in [5, 5.41) is 2.64. The summed E-state index contributed by atoms with van der Waals surface area (Å²) < 4.78 is 41.4. The largest absolute Gasteiger partial charge is 0.435 e. The minimum atomic E-state index is -2.89. The summed E-state index contributed by atoms with van der Waals surface area (Å²) in [5.41, 5.74) is 5.77. The number of ether oxygens (including phenoxy) is 1. The van der Waals surface area contributed by atoms with Gasteiger partial charge in [0, 0.05) is 5.69 Å². The van der Waals surface area contributed by atoms with Gasteiger partial charge in [-0.15, -0.1) is 0 Å². The van der Waals surface area contributed by atoms with Crippen molar-refractivity contribution in [2.45, 2.75) is 6.61 Å². The second-order valence-corrected chi connectivity index (χ2v) is 3.45. The van der Waals surface area contributed by atoms with Gasteiger partial charge in [0.05, 0.1) is 6.20 Å². The number of alkyl halides is 2. The van der Waals surface area contributed by atoms with E-state index in [0.29, 0.717) is 5.69 Å². The molecule has 1 aromatic carbocycles. The molecule has 0 spiro atoms. The average Bonchev–Trinajstić information content (AvgIpc) is 2.35. The molecule has 0 aliphatic carbocycles. The molecular formula is C11H9F3N4O. The molecule has 0 radical (unpaired) electrons. The Morgan fingerprint density at radius 3 is 2.53 bits per heavy atom. The van der Waals surface area contributed by atoms with E-state index in [1.807, 2.05) is 0 Å². The van der Waals surface area contributed by atoms with Gasteiger partial charge in [-0.3, -0.25) is 0 Å². The third-order valence-corrected chi connectivity index (χ3v) is 2.10. The Kier molecular flexibility index (Phi) is 3.69. The summed E-state index contributed by atoms with van der Waals surface area (Å²) in [6, 6.07) is 5.51. The molecule has 1 aromatic heterocycles. The fourth-order valence-corrected chi connectivity index (χ4v) is 1.32. The Labute approximate surface area is 106 Å². The lowest BCUT2D eigenvalue weighted by molar-refractivity contribution is -0.0498. The third-order valence-electron chi connectivity index (χ3n) is 2.10. The Bertz CT molecular complexity index is 562. The summed E-state index contributed by atoms with van der Waals surface area (Å²) in [4.78, 5) is 7.14. The van der Waals surface area contributed by atoms with Crippen LogP contribution in [0.25, 0.3) is 0 Å². The maximum Gasteiger partial charge on any atom is 0.387 e. The lowest BCUT2D eigenvalue weighted by Crippen LogP contribution is -2.03. The molecule has 3 N–H and O–H groups in total.